The maximum atomic E-state index is 12.1. The summed E-state index contributed by atoms with van der Waals surface area (Å²) in [6.07, 6.45) is -3.56. The van der Waals surface area contributed by atoms with Crippen LogP contribution in [0, 0.1) is 5.92 Å². The summed E-state index contributed by atoms with van der Waals surface area (Å²) < 4.78 is 65.0. The van der Waals surface area contributed by atoms with Crippen LogP contribution in [0.25, 0.3) is 0 Å². The van der Waals surface area contributed by atoms with Gasteiger partial charge in [0.1, 0.15) is 0 Å². The molecule has 0 aromatic carbocycles. The summed E-state index contributed by atoms with van der Waals surface area (Å²) in [5.74, 6) is -3.55. The van der Waals surface area contributed by atoms with E-state index in [0.29, 0.717) is 0 Å². The van der Waals surface area contributed by atoms with Crippen LogP contribution in [0.2, 0.25) is 0 Å². The molecule has 150 valence electrons. The second kappa shape index (κ2) is 8.26. The molecule has 7 N–H and O–H groups in total. The molecule has 3 atom stereocenters. The normalized spacial score (nSPS) is 18.6. The predicted molar refractivity (Wildman–Crippen MR) is 84.2 cm³/mol. The Balaban J connectivity index is 5.49. The highest BCUT2D eigenvalue weighted by molar-refractivity contribution is 7.86. The molecule has 0 aliphatic rings. The fraction of sp³-hybridized carbons (Fsp3) is 0.875. The molecule has 0 aromatic rings. The molecule has 3 unspecified atom stereocenters. The fourth-order valence-electron chi connectivity index (χ4n) is 1.86. The van der Waals surface area contributed by atoms with Crippen molar-refractivity contribution in [1.82, 2.24) is 0 Å². The first-order valence-corrected chi connectivity index (χ1v) is 13.3. The molecule has 0 saturated carbocycles. The van der Waals surface area contributed by atoms with Crippen molar-refractivity contribution in [2.45, 2.75) is 24.0 Å². The van der Waals surface area contributed by atoms with E-state index in [0.717, 1.165) is 6.92 Å². The van der Waals surface area contributed by atoms with Gasteiger partial charge in [-0.2, -0.15) is 8.42 Å². The molecule has 13 nitrogen and oxygen atoms in total. The van der Waals surface area contributed by atoms with Crippen LogP contribution in [-0.4, -0.2) is 71.5 Å². The Morgan fingerprint density at radius 3 is 1.64 bits per heavy atom. The monoisotopic (exact) mass is 448 g/mol. The highest BCUT2D eigenvalue weighted by atomic mass is 32.2. The van der Waals surface area contributed by atoms with Gasteiger partial charge in [0.25, 0.3) is 10.1 Å². The Morgan fingerprint density at radius 2 is 1.36 bits per heavy atom. The van der Waals surface area contributed by atoms with Crippen molar-refractivity contribution in [3.8, 4) is 0 Å². The van der Waals surface area contributed by atoms with E-state index in [2.05, 4.69) is 0 Å². The zero-order chi connectivity index (χ0) is 20.4. The molecule has 0 fully saturated rings. The van der Waals surface area contributed by atoms with Crippen LogP contribution in [0.4, 0.5) is 0 Å². The minimum atomic E-state index is -5.49. The van der Waals surface area contributed by atoms with Gasteiger partial charge in [-0.1, -0.05) is 0 Å². The molecule has 0 bridgehead atoms. The first-order chi connectivity index (χ1) is 10.8. The molecule has 0 aromatic heterocycles. The largest absolute Gasteiger partial charge is 0.481 e. The molecule has 25 heavy (non-hydrogen) atoms. The molecule has 0 saturated heterocycles. The van der Waals surface area contributed by atoms with Gasteiger partial charge >= 0.3 is 21.2 Å². The first-order valence-electron chi connectivity index (χ1n) is 6.37. The van der Waals surface area contributed by atoms with Crippen LogP contribution in [0.15, 0.2) is 0 Å². The average Bonchev–Trinajstić information content (AvgIpc) is 2.31. The van der Waals surface area contributed by atoms with Crippen molar-refractivity contribution in [2.75, 3.05) is 12.3 Å². The molecule has 0 radical (unpaired) electrons. The quantitative estimate of drug-likeness (QED) is 0.162. The number of rotatable bonds is 10. The summed E-state index contributed by atoms with van der Waals surface area (Å²) >= 11 is 0. The Hall–Kier alpha value is -0.130. The Kier molecular flexibility index (Phi) is 8.22. The van der Waals surface area contributed by atoms with Crippen LogP contribution in [-0.2, 0) is 28.6 Å². The summed E-state index contributed by atoms with van der Waals surface area (Å²) in [5.41, 5.74) is 0. The van der Waals surface area contributed by atoms with E-state index in [1.54, 1.807) is 0 Å². The van der Waals surface area contributed by atoms with Crippen molar-refractivity contribution in [3.05, 3.63) is 0 Å². The number of aliphatic carboxylic acids is 1. The summed E-state index contributed by atoms with van der Waals surface area (Å²) in [7, 11) is -20.4. The minimum Gasteiger partial charge on any atom is -0.481 e. The number of carbonyl (C=O) groups is 1. The molecule has 0 aliphatic heterocycles. The van der Waals surface area contributed by atoms with Crippen molar-refractivity contribution < 1.29 is 61.0 Å². The summed E-state index contributed by atoms with van der Waals surface area (Å²) in [5, 5.41) is 4.57. The summed E-state index contributed by atoms with van der Waals surface area (Å²) in [6, 6.07) is 0. The number of carboxylic acids is 1. The van der Waals surface area contributed by atoms with Gasteiger partial charge < -0.3 is 29.6 Å². The lowest BCUT2D eigenvalue weighted by atomic mass is 10.1. The highest BCUT2D eigenvalue weighted by Gasteiger charge is 2.48. The van der Waals surface area contributed by atoms with Gasteiger partial charge in [0.15, 0.2) is 5.40 Å². The van der Waals surface area contributed by atoms with E-state index in [1.165, 1.54) is 0 Å². The van der Waals surface area contributed by atoms with Crippen LogP contribution in [0.1, 0.15) is 13.3 Å². The molecule has 0 aliphatic carbocycles. The minimum absolute atomic E-state index is 0.796. The predicted octanol–water partition coefficient (Wildman–Crippen LogP) is -0.694. The Bertz CT molecular complexity index is 710. The summed E-state index contributed by atoms with van der Waals surface area (Å²) in [4.78, 5) is 56.6. The molecule has 0 amide bonds. The smallest absolute Gasteiger partial charge is 0.341 e. The van der Waals surface area contributed by atoms with Crippen LogP contribution >= 0.6 is 22.6 Å². The summed E-state index contributed by atoms with van der Waals surface area (Å²) in [6.45, 7) is 0.932. The Morgan fingerprint density at radius 1 is 0.960 bits per heavy atom. The van der Waals surface area contributed by atoms with Gasteiger partial charge in [-0.15, -0.1) is 0 Å². The topological polar surface area (TPSA) is 244 Å². The zero-order valence-electron chi connectivity index (χ0n) is 12.7. The SMILES string of the molecule is CC(CC(CP(=O)(O)CC(P(=O)(O)O)P(=O)(O)O)C(=O)O)S(=O)(=O)O. The van der Waals surface area contributed by atoms with E-state index in [4.69, 9.17) is 29.2 Å². The van der Waals surface area contributed by atoms with Crippen molar-refractivity contribution in [3.63, 3.8) is 0 Å². The van der Waals surface area contributed by atoms with Gasteiger partial charge in [0.05, 0.1) is 17.3 Å². The maximum Gasteiger partial charge on any atom is 0.341 e. The Labute approximate surface area is 142 Å². The highest BCUT2D eigenvalue weighted by Crippen LogP contribution is 2.64. The lowest BCUT2D eigenvalue weighted by Gasteiger charge is -2.24. The molecule has 17 heteroatoms. The average molecular weight is 448 g/mol. The van der Waals surface area contributed by atoms with E-state index < -0.39 is 74.0 Å². The molecule has 0 heterocycles. The lowest BCUT2D eigenvalue weighted by Crippen LogP contribution is -2.28. The number of carboxylic acid groups (broad SMARTS) is 1. The zero-order valence-corrected chi connectivity index (χ0v) is 16.2. The second-order valence-corrected chi connectivity index (χ2v) is 13.7. The van der Waals surface area contributed by atoms with Gasteiger partial charge in [-0.05, 0) is 13.3 Å². The number of hydrogen-bond donors (Lipinski definition) is 7. The van der Waals surface area contributed by atoms with Gasteiger partial charge in [-0.3, -0.25) is 23.0 Å². The van der Waals surface area contributed by atoms with Crippen molar-refractivity contribution in [1.29, 1.82) is 0 Å². The fourth-order valence-corrected chi connectivity index (χ4v) is 8.79. The number of hydrogen-bond acceptors (Lipinski definition) is 6. The molecule has 0 spiro atoms. The molecular weight excluding hydrogens is 429 g/mol. The van der Waals surface area contributed by atoms with Crippen LogP contribution in [0.5, 0.6) is 0 Å². The van der Waals surface area contributed by atoms with Crippen molar-refractivity contribution in [2.24, 2.45) is 5.92 Å². The van der Waals surface area contributed by atoms with Crippen molar-refractivity contribution >= 4 is 38.6 Å². The van der Waals surface area contributed by atoms with Crippen LogP contribution in [0.3, 0.4) is 0 Å². The van der Waals surface area contributed by atoms with E-state index in [1.807, 2.05) is 0 Å². The van der Waals surface area contributed by atoms with E-state index >= 15 is 0 Å². The molecule has 0 rings (SSSR count). The first kappa shape index (κ1) is 24.9. The molecular formula is C8H19O13P3S. The third-order valence-corrected chi connectivity index (χ3v) is 10.7. The third kappa shape index (κ3) is 8.87. The lowest BCUT2D eigenvalue weighted by molar-refractivity contribution is -0.141. The maximum absolute atomic E-state index is 12.1. The second-order valence-electron chi connectivity index (χ2n) is 5.47. The van der Waals surface area contributed by atoms with Gasteiger partial charge in [0, 0.05) is 6.16 Å². The standard InChI is InChI=1S/C8H19O13P3S/c1-5(25(19,20)21)2-6(8(9)10)3-22(11,12)4-7(23(13,14)15)24(16,17)18/h5-7H,2-4H2,1H3,(H,9,10)(H,11,12)(H2,13,14,15)(H2,16,17,18)(H,19,20,21). The third-order valence-electron chi connectivity index (χ3n) is 3.20. The van der Waals surface area contributed by atoms with Gasteiger partial charge in [0.2, 0.25) is 7.37 Å². The van der Waals surface area contributed by atoms with Crippen LogP contribution < -0.4 is 0 Å². The van der Waals surface area contributed by atoms with E-state index in [-0.39, 0.29) is 0 Å². The van der Waals surface area contributed by atoms with E-state index in [9.17, 15) is 31.8 Å². The van der Waals surface area contributed by atoms with Gasteiger partial charge in [-0.25, -0.2) is 0 Å².